The molecule has 0 unspecified atom stereocenters. The number of nitrogens with one attached hydrogen (secondary N) is 1. The van der Waals surface area contributed by atoms with Crippen LogP contribution < -0.4 is 10.2 Å². The van der Waals surface area contributed by atoms with E-state index in [1.807, 2.05) is 29.2 Å². The molecule has 1 N–H and O–H groups in total. The highest BCUT2D eigenvalue weighted by Crippen LogP contribution is 2.31. The average molecular weight is 266 g/mol. The van der Waals surface area contributed by atoms with Crippen LogP contribution in [0.15, 0.2) is 42.5 Å². The lowest BCUT2D eigenvalue weighted by molar-refractivity contribution is -0.117. The van der Waals surface area contributed by atoms with Crippen molar-refractivity contribution in [1.82, 2.24) is 0 Å². The summed E-state index contributed by atoms with van der Waals surface area (Å²) >= 11 is 0. The van der Waals surface area contributed by atoms with E-state index < -0.39 is 0 Å². The minimum absolute atomic E-state index is 0.117. The molecular formula is C17H18N2O. The van der Waals surface area contributed by atoms with E-state index in [1.165, 1.54) is 16.7 Å². The first-order valence-corrected chi connectivity index (χ1v) is 6.85. The molecule has 1 aliphatic rings. The first-order chi connectivity index (χ1) is 9.66. The standard InChI is InChI=1S/C17H18N2O/c1-12-6-5-7-13(2)14(12)11-19-16-9-4-3-8-15(16)18-10-17(19)20/h3-9,18H,10-11H2,1-2H3. The third kappa shape index (κ3) is 2.16. The molecule has 0 aromatic heterocycles. The lowest BCUT2D eigenvalue weighted by atomic mass is 10.0. The number of para-hydroxylation sites is 2. The van der Waals surface area contributed by atoms with Gasteiger partial charge in [0.05, 0.1) is 24.5 Å². The molecule has 0 aliphatic carbocycles. The lowest BCUT2D eigenvalue weighted by Gasteiger charge is -2.31. The van der Waals surface area contributed by atoms with Gasteiger partial charge in [0.15, 0.2) is 0 Å². The summed E-state index contributed by atoms with van der Waals surface area (Å²) in [6.07, 6.45) is 0. The number of anilines is 2. The first-order valence-electron chi connectivity index (χ1n) is 6.85. The third-order valence-corrected chi connectivity index (χ3v) is 3.89. The number of carbonyl (C=O) groups is 1. The SMILES string of the molecule is Cc1cccc(C)c1CN1C(=O)CNc2ccccc21. The largest absolute Gasteiger partial charge is 0.374 e. The molecule has 1 amide bonds. The van der Waals surface area contributed by atoms with Crippen molar-refractivity contribution >= 4 is 17.3 Å². The molecule has 102 valence electrons. The summed E-state index contributed by atoms with van der Waals surface area (Å²) in [4.78, 5) is 14.1. The molecule has 0 saturated heterocycles. The van der Waals surface area contributed by atoms with Crippen LogP contribution in [0.3, 0.4) is 0 Å². The van der Waals surface area contributed by atoms with E-state index in [-0.39, 0.29) is 5.91 Å². The van der Waals surface area contributed by atoms with Gasteiger partial charge in [-0.15, -0.1) is 0 Å². The van der Waals surface area contributed by atoms with Gasteiger partial charge in [0, 0.05) is 0 Å². The molecule has 2 aromatic carbocycles. The summed E-state index contributed by atoms with van der Waals surface area (Å²) in [5, 5.41) is 3.17. The summed E-state index contributed by atoms with van der Waals surface area (Å²) in [6.45, 7) is 5.19. The van der Waals surface area contributed by atoms with E-state index in [4.69, 9.17) is 0 Å². The number of rotatable bonds is 2. The van der Waals surface area contributed by atoms with E-state index in [2.05, 4.69) is 37.4 Å². The van der Waals surface area contributed by atoms with Crippen LogP contribution in [0.2, 0.25) is 0 Å². The van der Waals surface area contributed by atoms with Gasteiger partial charge in [-0.05, 0) is 42.7 Å². The van der Waals surface area contributed by atoms with Crippen molar-refractivity contribution in [2.24, 2.45) is 0 Å². The molecule has 1 heterocycles. The molecule has 2 aromatic rings. The van der Waals surface area contributed by atoms with Crippen LogP contribution in [0, 0.1) is 13.8 Å². The summed E-state index contributed by atoms with van der Waals surface area (Å²) in [7, 11) is 0. The molecular weight excluding hydrogens is 248 g/mol. The van der Waals surface area contributed by atoms with Gasteiger partial charge in [-0.25, -0.2) is 0 Å². The second-order valence-corrected chi connectivity index (χ2v) is 5.22. The van der Waals surface area contributed by atoms with Gasteiger partial charge in [0.25, 0.3) is 0 Å². The third-order valence-electron chi connectivity index (χ3n) is 3.89. The average Bonchev–Trinajstić information content (AvgIpc) is 2.45. The molecule has 0 bridgehead atoms. The van der Waals surface area contributed by atoms with Crippen molar-refractivity contribution in [1.29, 1.82) is 0 Å². The molecule has 1 aliphatic heterocycles. The quantitative estimate of drug-likeness (QED) is 0.905. The zero-order valence-corrected chi connectivity index (χ0v) is 11.8. The molecule has 3 rings (SSSR count). The zero-order valence-electron chi connectivity index (χ0n) is 11.8. The maximum absolute atomic E-state index is 12.2. The van der Waals surface area contributed by atoms with Crippen LogP contribution in [0.25, 0.3) is 0 Å². The van der Waals surface area contributed by atoms with Crippen molar-refractivity contribution in [2.75, 3.05) is 16.8 Å². The molecule has 0 radical (unpaired) electrons. The van der Waals surface area contributed by atoms with Gasteiger partial charge >= 0.3 is 0 Å². The van der Waals surface area contributed by atoms with E-state index >= 15 is 0 Å². The number of hydrogen-bond donors (Lipinski definition) is 1. The number of amides is 1. The van der Waals surface area contributed by atoms with Gasteiger partial charge in [-0.3, -0.25) is 4.79 Å². The Morgan fingerprint density at radius 1 is 1.05 bits per heavy atom. The van der Waals surface area contributed by atoms with E-state index in [0.717, 1.165) is 11.4 Å². The number of nitrogens with zero attached hydrogens (tertiary/aromatic N) is 1. The molecule has 0 spiro atoms. The fourth-order valence-corrected chi connectivity index (χ4v) is 2.69. The van der Waals surface area contributed by atoms with Crippen molar-refractivity contribution in [3.8, 4) is 0 Å². The van der Waals surface area contributed by atoms with Crippen molar-refractivity contribution in [2.45, 2.75) is 20.4 Å². The normalized spacial score (nSPS) is 13.9. The van der Waals surface area contributed by atoms with Gasteiger partial charge in [-0.1, -0.05) is 30.3 Å². The first kappa shape index (κ1) is 12.7. The molecule has 20 heavy (non-hydrogen) atoms. The van der Waals surface area contributed by atoms with Crippen LogP contribution in [0.4, 0.5) is 11.4 Å². The van der Waals surface area contributed by atoms with Gasteiger partial charge in [0.1, 0.15) is 0 Å². The Bertz CT molecular complexity index is 644. The highest BCUT2D eigenvalue weighted by molar-refractivity contribution is 6.02. The number of carbonyl (C=O) groups excluding carboxylic acids is 1. The predicted octanol–water partition coefficient (Wildman–Crippen LogP) is 3.26. The second kappa shape index (κ2) is 5.00. The highest BCUT2D eigenvalue weighted by Gasteiger charge is 2.24. The Morgan fingerprint density at radius 2 is 1.75 bits per heavy atom. The highest BCUT2D eigenvalue weighted by atomic mass is 16.2. The summed E-state index contributed by atoms with van der Waals surface area (Å²) in [5.41, 5.74) is 5.69. The Hall–Kier alpha value is -2.29. The van der Waals surface area contributed by atoms with E-state index in [1.54, 1.807) is 0 Å². The summed E-state index contributed by atoms with van der Waals surface area (Å²) in [5.74, 6) is 0.117. The smallest absolute Gasteiger partial charge is 0.246 e. The number of hydrogen-bond acceptors (Lipinski definition) is 2. The molecule has 0 saturated carbocycles. The monoisotopic (exact) mass is 266 g/mol. The van der Waals surface area contributed by atoms with Crippen LogP contribution in [0.5, 0.6) is 0 Å². The number of fused-ring (bicyclic) bond motifs is 1. The second-order valence-electron chi connectivity index (χ2n) is 5.22. The number of benzene rings is 2. The van der Waals surface area contributed by atoms with E-state index in [0.29, 0.717) is 13.1 Å². The lowest BCUT2D eigenvalue weighted by Crippen LogP contribution is -2.39. The Balaban J connectivity index is 2.00. The van der Waals surface area contributed by atoms with E-state index in [9.17, 15) is 4.79 Å². The van der Waals surface area contributed by atoms with Crippen LogP contribution in [0.1, 0.15) is 16.7 Å². The van der Waals surface area contributed by atoms with Crippen LogP contribution in [-0.2, 0) is 11.3 Å². The topological polar surface area (TPSA) is 32.3 Å². The van der Waals surface area contributed by atoms with Crippen molar-refractivity contribution < 1.29 is 4.79 Å². The molecule has 0 fully saturated rings. The fraction of sp³-hybridized carbons (Fsp3) is 0.235. The van der Waals surface area contributed by atoms with Crippen molar-refractivity contribution in [3.05, 3.63) is 59.2 Å². The van der Waals surface area contributed by atoms with Gasteiger partial charge in [-0.2, -0.15) is 0 Å². The molecule has 0 atom stereocenters. The minimum Gasteiger partial charge on any atom is -0.374 e. The zero-order chi connectivity index (χ0) is 14.1. The Kier molecular flexibility index (Phi) is 3.18. The van der Waals surface area contributed by atoms with Crippen molar-refractivity contribution in [3.63, 3.8) is 0 Å². The maximum Gasteiger partial charge on any atom is 0.246 e. The summed E-state index contributed by atoms with van der Waals surface area (Å²) in [6, 6.07) is 14.2. The minimum atomic E-state index is 0.117. The van der Waals surface area contributed by atoms with Gasteiger partial charge in [0.2, 0.25) is 5.91 Å². The summed E-state index contributed by atoms with van der Waals surface area (Å²) < 4.78 is 0. The predicted molar refractivity (Wildman–Crippen MR) is 82.0 cm³/mol. The number of aryl methyl sites for hydroxylation is 2. The van der Waals surface area contributed by atoms with Gasteiger partial charge < -0.3 is 10.2 Å². The molecule has 3 heteroatoms. The maximum atomic E-state index is 12.2. The van der Waals surface area contributed by atoms with Crippen LogP contribution >= 0.6 is 0 Å². The molecule has 3 nitrogen and oxygen atoms in total. The van der Waals surface area contributed by atoms with Crippen LogP contribution in [-0.4, -0.2) is 12.5 Å². The Labute approximate surface area is 119 Å². The Morgan fingerprint density at radius 3 is 2.50 bits per heavy atom. The fourth-order valence-electron chi connectivity index (χ4n) is 2.69.